The number of nitrogens with zero attached hydrogens (tertiary/aromatic N) is 2. The second kappa shape index (κ2) is 9.75. The average Bonchev–Trinajstić information content (AvgIpc) is 3.50. The molecule has 6 nitrogen and oxygen atoms in total. The summed E-state index contributed by atoms with van der Waals surface area (Å²) in [5, 5.41) is 13.1. The van der Waals surface area contributed by atoms with E-state index in [9.17, 15) is 19.1 Å². The van der Waals surface area contributed by atoms with Crippen molar-refractivity contribution < 1.29 is 23.8 Å². The summed E-state index contributed by atoms with van der Waals surface area (Å²) in [5.74, 6) is -2.21. The lowest BCUT2D eigenvalue weighted by molar-refractivity contribution is -0.132. The van der Waals surface area contributed by atoms with Crippen LogP contribution in [0.15, 0.2) is 89.9 Å². The zero-order valence-corrected chi connectivity index (χ0v) is 20.0. The van der Waals surface area contributed by atoms with Crippen LogP contribution in [0, 0.1) is 12.7 Å². The predicted molar refractivity (Wildman–Crippen MR) is 135 cm³/mol. The standard InChI is InChI=1S/C28H21FN2O4S/c1-17-5-4-6-18(15-17)16-35-20-11-9-19(10-12-20)25(32)23-24(21-7-2-3-8-22(21)29)31(27(34)26(23)33)28-30-13-14-36-28/h2-15,24,32H,16H2,1H3/b25-23-. The molecule has 3 aromatic carbocycles. The first-order chi connectivity index (χ1) is 17.4. The number of anilines is 1. The second-order valence-corrected chi connectivity index (χ2v) is 9.18. The van der Waals surface area contributed by atoms with Crippen molar-refractivity contribution in [3.63, 3.8) is 0 Å². The topological polar surface area (TPSA) is 79.7 Å². The first-order valence-electron chi connectivity index (χ1n) is 11.2. The number of halogens is 1. The van der Waals surface area contributed by atoms with Crippen molar-refractivity contribution in [1.82, 2.24) is 4.98 Å². The van der Waals surface area contributed by atoms with Gasteiger partial charge in [0.05, 0.1) is 5.57 Å². The summed E-state index contributed by atoms with van der Waals surface area (Å²) in [7, 11) is 0. The normalized spacial score (nSPS) is 16.9. The molecule has 1 aliphatic heterocycles. The van der Waals surface area contributed by atoms with E-state index in [1.54, 1.807) is 35.7 Å². The largest absolute Gasteiger partial charge is 0.507 e. The van der Waals surface area contributed by atoms with Crippen molar-refractivity contribution in [2.75, 3.05) is 4.90 Å². The first-order valence-corrected chi connectivity index (χ1v) is 12.1. The Morgan fingerprint density at radius 3 is 2.56 bits per heavy atom. The molecule has 1 saturated heterocycles. The van der Waals surface area contributed by atoms with Gasteiger partial charge in [0.2, 0.25) is 0 Å². The molecule has 0 aliphatic carbocycles. The third-order valence-corrected chi connectivity index (χ3v) is 6.66. The van der Waals surface area contributed by atoms with Gasteiger partial charge in [-0.2, -0.15) is 0 Å². The van der Waals surface area contributed by atoms with Crippen LogP contribution in [0.1, 0.15) is 28.3 Å². The molecule has 8 heteroatoms. The zero-order valence-electron chi connectivity index (χ0n) is 19.2. The summed E-state index contributed by atoms with van der Waals surface area (Å²) in [6.45, 7) is 2.38. The average molecular weight is 501 g/mol. The van der Waals surface area contributed by atoms with E-state index in [1.807, 2.05) is 31.2 Å². The molecule has 4 aromatic rings. The summed E-state index contributed by atoms with van der Waals surface area (Å²) in [6.07, 6.45) is 1.49. The minimum atomic E-state index is -1.16. The fraction of sp³-hybridized carbons (Fsp3) is 0.107. The van der Waals surface area contributed by atoms with E-state index < -0.39 is 29.3 Å². The van der Waals surface area contributed by atoms with E-state index in [0.29, 0.717) is 17.9 Å². The number of hydrogen-bond acceptors (Lipinski definition) is 6. The Balaban J connectivity index is 1.50. The van der Waals surface area contributed by atoms with E-state index in [4.69, 9.17) is 4.74 Å². The number of aliphatic hydroxyl groups excluding tert-OH is 1. The van der Waals surface area contributed by atoms with Gasteiger partial charge in [-0.05, 0) is 42.8 Å². The summed E-state index contributed by atoms with van der Waals surface area (Å²) in [5.41, 5.74) is 2.35. The van der Waals surface area contributed by atoms with Crippen molar-refractivity contribution in [1.29, 1.82) is 0 Å². The van der Waals surface area contributed by atoms with Gasteiger partial charge in [0.25, 0.3) is 5.78 Å². The Bertz CT molecular complexity index is 1470. The SMILES string of the molecule is Cc1cccc(COc2ccc(/C(O)=C3/C(=O)C(=O)N(c4nccs4)C3c3ccccc3F)cc2)c1. The van der Waals surface area contributed by atoms with Crippen LogP contribution in [0.3, 0.4) is 0 Å². The highest BCUT2D eigenvalue weighted by atomic mass is 32.1. The molecule has 36 heavy (non-hydrogen) atoms. The Morgan fingerprint density at radius 2 is 1.86 bits per heavy atom. The van der Waals surface area contributed by atoms with Crippen LogP contribution in [0.5, 0.6) is 5.75 Å². The molecule has 180 valence electrons. The van der Waals surface area contributed by atoms with Gasteiger partial charge in [0.1, 0.15) is 30.0 Å². The maximum atomic E-state index is 14.9. The second-order valence-electron chi connectivity index (χ2n) is 8.31. The number of benzene rings is 3. The van der Waals surface area contributed by atoms with Gasteiger partial charge in [-0.15, -0.1) is 11.3 Å². The number of amides is 1. The molecular weight excluding hydrogens is 479 g/mol. The molecule has 1 atom stereocenters. The molecule has 1 aromatic heterocycles. The monoisotopic (exact) mass is 500 g/mol. The number of carbonyl (C=O) groups excluding carboxylic acids is 2. The van der Waals surface area contributed by atoms with E-state index >= 15 is 0 Å². The number of carbonyl (C=O) groups is 2. The highest BCUT2D eigenvalue weighted by Gasteiger charge is 2.48. The van der Waals surface area contributed by atoms with Gasteiger partial charge in [0, 0.05) is 22.7 Å². The number of rotatable bonds is 6. The number of hydrogen-bond donors (Lipinski definition) is 1. The van der Waals surface area contributed by atoms with Gasteiger partial charge < -0.3 is 9.84 Å². The molecule has 0 saturated carbocycles. The van der Waals surface area contributed by atoms with Gasteiger partial charge in [-0.25, -0.2) is 9.37 Å². The number of ketones is 1. The molecule has 1 fully saturated rings. The number of thiazole rings is 1. The Labute approximate surface area is 210 Å². The van der Waals surface area contributed by atoms with Crippen LogP contribution in [-0.2, 0) is 16.2 Å². The molecule has 1 N–H and O–H groups in total. The first kappa shape index (κ1) is 23.4. The number of aliphatic hydroxyl groups is 1. The molecule has 2 heterocycles. The van der Waals surface area contributed by atoms with E-state index in [0.717, 1.165) is 27.4 Å². The van der Waals surface area contributed by atoms with Crippen LogP contribution in [-0.4, -0.2) is 21.8 Å². The maximum Gasteiger partial charge on any atom is 0.301 e. The molecule has 0 radical (unpaired) electrons. The predicted octanol–water partition coefficient (Wildman–Crippen LogP) is 5.80. The van der Waals surface area contributed by atoms with Crippen LogP contribution in [0.2, 0.25) is 0 Å². The molecule has 5 rings (SSSR count). The lowest BCUT2D eigenvalue weighted by Crippen LogP contribution is -2.29. The Hall–Kier alpha value is -4.30. The molecular formula is C28H21FN2O4S. The zero-order chi connectivity index (χ0) is 25.2. The summed E-state index contributed by atoms with van der Waals surface area (Å²) < 4.78 is 20.7. The number of Topliss-reactive ketones (excluding diaryl/α,β-unsaturated/α-hetero) is 1. The third kappa shape index (κ3) is 4.38. The summed E-state index contributed by atoms with van der Waals surface area (Å²) in [4.78, 5) is 31.4. The quantitative estimate of drug-likeness (QED) is 0.206. The Kier molecular flexibility index (Phi) is 6.35. The van der Waals surface area contributed by atoms with Crippen molar-refractivity contribution in [3.8, 4) is 5.75 Å². The van der Waals surface area contributed by atoms with Gasteiger partial charge in [-0.1, -0.05) is 48.0 Å². The van der Waals surface area contributed by atoms with E-state index in [2.05, 4.69) is 4.98 Å². The van der Waals surface area contributed by atoms with Crippen molar-refractivity contribution >= 4 is 33.9 Å². The van der Waals surface area contributed by atoms with Gasteiger partial charge in [-0.3, -0.25) is 14.5 Å². The molecule has 1 aliphatic rings. The highest BCUT2D eigenvalue weighted by Crippen LogP contribution is 2.43. The Morgan fingerprint density at radius 1 is 1.08 bits per heavy atom. The van der Waals surface area contributed by atoms with Crippen molar-refractivity contribution in [3.05, 3.63) is 118 Å². The van der Waals surface area contributed by atoms with Crippen molar-refractivity contribution in [2.24, 2.45) is 0 Å². The molecule has 1 amide bonds. The minimum Gasteiger partial charge on any atom is -0.507 e. The highest BCUT2D eigenvalue weighted by molar-refractivity contribution is 7.14. The fourth-order valence-electron chi connectivity index (χ4n) is 4.19. The van der Waals surface area contributed by atoms with Crippen LogP contribution in [0.4, 0.5) is 9.52 Å². The molecule has 0 bridgehead atoms. The number of ether oxygens (including phenoxy) is 1. The smallest absolute Gasteiger partial charge is 0.301 e. The van der Waals surface area contributed by atoms with Crippen LogP contribution >= 0.6 is 11.3 Å². The molecule has 0 spiro atoms. The number of aromatic nitrogens is 1. The lowest BCUT2D eigenvalue weighted by Gasteiger charge is -2.23. The van der Waals surface area contributed by atoms with Crippen LogP contribution < -0.4 is 9.64 Å². The van der Waals surface area contributed by atoms with Gasteiger partial charge in [0.15, 0.2) is 5.13 Å². The van der Waals surface area contributed by atoms with Crippen LogP contribution in [0.25, 0.3) is 5.76 Å². The summed E-state index contributed by atoms with van der Waals surface area (Å²) >= 11 is 1.14. The minimum absolute atomic E-state index is 0.0894. The summed E-state index contributed by atoms with van der Waals surface area (Å²) in [6, 6.07) is 19.2. The lowest BCUT2D eigenvalue weighted by atomic mass is 9.95. The maximum absolute atomic E-state index is 14.9. The molecule has 1 unspecified atom stereocenters. The van der Waals surface area contributed by atoms with Gasteiger partial charge >= 0.3 is 5.91 Å². The van der Waals surface area contributed by atoms with Crippen molar-refractivity contribution in [2.45, 2.75) is 19.6 Å². The fourth-order valence-corrected chi connectivity index (χ4v) is 4.86. The van der Waals surface area contributed by atoms with E-state index in [-0.39, 0.29) is 16.3 Å². The number of aryl methyl sites for hydroxylation is 1. The van der Waals surface area contributed by atoms with E-state index in [1.165, 1.54) is 24.4 Å². The third-order valence-electron chi connectivity index (χ3n) is 5.89.